The number of piperidine rings is 1. The fourth-order valence-corrected chi connectivity index (χ4v) is 5.11. The summed E-state index contributed by atoms with van der Waals surface area (Å²) in [5.41, 5.74) is 0.701. The number of nitrogens with zero attached hydrogens (tertiary/aromatic N) is 3. The quantitative estimate of drug-likeness (QED) is 0.576. The lowest BCUT2D eigenvalue weighted by atomic mass is 9.99. The molecule has 3 heterocycles. The van der Waals surface area contributed by atoms with E-state index in [1.165, 1.54) is 18.0 Å². The van der Waals surface area contributed by atoms with Gasteiger partial charge in [-0.05, 0) is 43.4 Å². The molecule has 180 valence electrons. The minimum absolute atomic E-state index is 0.0595. The fourth-order valence-electron chi connectivity index (χ4n) is 4.07. The maximum atomic E-state index is 13.2. The molecule has 0 unspecified atom stereocenters. The first kappa shape index (κ1) is 23.7. The number of fused-ring (bicyclic) bond motifs is 1. The second-order valence-corrected chi connectivity index (χ2v) is 9.50. The Hall–Kier alpha value is -3.40. The minimum Gasteiger partial charge on any atom is -0.497 e. The average Bonchev–Trinajstić information content (AvgIpc) is 3.18. The Kier molecular flexibility index (Phi) is 6.87. The first-order valence-corrected chi connectivity index (χ1v) is 11.9. The van der Waals surface area contributed by atoms with Crippen LogP contribution in [0.25, 0.3) is 10.2 Å². The first-order valence-electron chi connectivity index (χ1n) is 11.1. The summed E-state index contributed by atoms with van der Waals surface area (Å²) < 4.78 is 11.9. The molecular formula is C24H28N4O5S. The van der Waals surface area contributed by atoms with Gasteiger partial charge in [-0.2, -0.15) is 0 Å². The molecule has 2 amide bonds. The normalized spacial score (nSPS) is 14.3. The smallest absolute Gasteiger partial charge is 0.266 e. The lowest BCUT2D eigenvalue weighted by Gasteiger charge is -2.30. The van der Waals surface area contributed by atoms with Crippen LogP contribution < -0.4 is 20.3 Å². The SMILES string of the molecule is COc1ccc(NC(=O)c2sc3ncn(CC(=O)N4CCC(C)CC4)c(=O)c3c2C)c(OC)c1. The third-order valence-corrected chi connectivity index (χ3v) is 7.42. The molecule has 1 aromatic carbocycles. The van der Waals surface area contributed by atoms with Gasteiger partial charge in [0.05, 0.1) is 36.5 Å². The monoisotopic (exact) mass is 484 g/mol. The Bertz CT molecular complexity index is 1290. The fraction of sp³-hybridized carbons (Fsp3) is 0.417. The van der Waals surface area contributed by atoms with E-state index >= 15 is 0 Å². The number of aryl methyl sites for hydroxylation is 1. The summed E-state index contributed by atoms with van der Waals surface area (Å²) in [5, 5.41) is 3.20. The topological polar surface area (TPSA) is 103 Å². The number of rotatable bonds is 6. The minimum atomic E-state index is -0.367. The molecule has 1 aliphatic heterocycles. The van der Waals surface area contributed by atoms with Crippen LogP contribution in [0.4, 0.5) is 5.69 Å². The molecule has 3 aromatic rings. The molecule has 0 aliphatic carbocycles. The van der Waals surface area contributed by atoms with Crippen molar-refractivity contribution in [2.45, 2.75) is 33.2 Å². The molecule has 2 aromatic heterocycles. The molecule has 0 saturated carbocycles. The molecule has 0 atom stereocenters. The predicted octanol–water partition coefficient (Wildman–Crippen LogP) is 3.29. The van der Waals surface area contributed by atoms with Gasteiger partial charge >= 0.3 is 0 Å². The van der Waals surface area contributed by atoms with Crippen molar-refractivity contribution in [3.63, 3.8) is 0 Å². The van der Waals surface area contributed by atoms with E-state index in [1.54, 1.807) is 37.1 Å². The van der Waals surface area contributed by atoms with Gasteiger partial charge in [0, 0.05) is 19.2 Å². The first-order chi connectivity index (χ1) is 16.3. The van der Waals surface area contributed by atoms with Gasteiger partial charge in [-0.15, -0.1) is 11.3 Å². The number of likely N-dealkylation sites (tertiary alicyclic amines) is 1. The van der Waals surface area contributed by atoms with Crippen LogP contribution in [0.15, 0.2) is 29.3 Å². The molecule has 0 radical (unpaired) electrons. The zero-order valence-corrected chi connectivity index (χ0v) is 20.5. The number of anilines is 1. The highest BCUT2D eigenvalue weighted by Crippen LogP contribution is 2.32. The van der Waals surface area contributed by atoms with Crippen molar-refractivity contribution in [2.75, 3.05) is 32.6 Å². The predicted molar refractivity (Wildman–Crippen MR) is 131 cm³/mol. The third kappa shape index (κ3) is 4.63. The maximum absolute atomic E-state index is 13.2. The summed E-state index contributed by atoms with van der Waals surface area (Å²) in [6, 6.07) is 5.08. The highest BCUT2D eigenvalue weighted by molar-refractivity contribution is 7.20. The summed E-state index contributed by atoms with van der Waals surface area (Å²) in [5.74, 6) is 1.21. The van der Waals surface area contributed by atoms with Crippen molar-refractivity contribution in [1.29, 1.82) is 0 Å². The molecule has 0 spiro atoms. The number of nitrogens with one attached hydrogen (secondary N) is 1. The van der Waals surface area contributed by atoms with E-state index in [0.29, 0.717) is 56.9 Å². The molecule has 4 rings (SSSR count). The van der Waals surface area contributed by atoms with Crippen molar-refractivity contribution in [1.82, 2.24) is 14.5 Å². The second kappa shape index (κ2) is 9.84. The Balaban J connectivity index is 1.58. The van der Waals surface area contributed by atoms with Crippen LogP contribution in [0.2, 0.25) is 0 Å². The van der Waals surface area contributed by atoms with Crippen molar-refractivity contribution in [2.24, 2.45) is 5.92 Å². The zero-order valence-electron chi connectivity index (χ0n) is 19.7. The van der Waals surface area contributed by atoms with Gasteiger partial charge in [0.15, 0.2) is 0 Å². The van der Waals surface area contributed by atoms with E-state index < -0.39 is 0 Å². The van der Waals surface area contributed by atoms with Gasteiger partial charge in [-0.25, -0.2) is 4.98 Å². The lowest BCUT2D eigenvalue weighted by Crippen LogP contribution is -2.41. The Morgan fingerprint density at radius 1 is 1.21 bits per heavy atom. The molecule has 34 heavy (non-hydrogen) atoms. The number of methoxy groups -OCH3 is 2. The van der Waals surface area contributed by atoms with Gasteiger partial charge < -0.3 is 19.7 Å². The van der Waals surface area contributed by atoms with Gasteiger partial charge in [-0.3, -0.25) is 19.0 Å². The number of carbonyl (C=O) groups is 2. The van der Waals surface area contributed by atoms with E-state index in [-0.39, 0.29) is 23.9 Å². The average molecular weight is 485 g/mol. The third-order valence-electron chi connectivity index (χ3n) is 6.22. The molecule has 1 saturated heterocycles. The summed E-state index contributed by atoms with van der Waals surface area (Å²) in [4.78, 5) is 46.0. The van der Waals surface area contributed by atoms with E-state index in [1.807, 2.05) is 0 Å². The summed E-state index contributed by atoms with van der Waals surface area (Å²) in [7, 11) is 3.06. The van der Waals surface area contributed by atoms with Crippen LogP contribution in [0.5, 0.6) is 11.5 Å². The Morgan fingerprint density at radius 2 is 1.94 bits per heavy atom. The van der Waals surface area contributed by atoms with Crippen LogP contribution in [0, 0.1) is 12.8 Å². The second-order valence-electron chi connectivity index (χ2n) is 8.50. The van der Waals surface area contributed by atoms with E-state index in [4.69, 9.17) is 9.47 Å². The van der Waals surface area contributed by atoms with Gasteiger partial charge in [-0.1, -0.05) is 6.92 Å². The molecule has 1 aliphatic rings. The highest BCUT2D eigenvalue weighted by atomic mass is 32.1. The van der Waals surface area contributed by atoms with Gasteiger partial charge in [0.2, 0.25) is 5.91 Å². The van der Waals surface area contributed by atoms with E-state index in [2.05, 4.69) is 17.2 Å². The number of ether oxygens (including phenoxy) is 2. The molecule has 0 bridgehead atoms. The Morgan fingerprint density at radius 3 is 2.62 bits per heavy atom. The van der Waals surface area contributed by atoms with Crippen molar-refractivity contribution >= 4 is 39.1 Å². The van der Waals surface area contributed by atoms with Crippen LogP contribution in [-0.2, 0) is 11.3 Å². The van der Waals surface area contributed by atoms with Gasteiger partial charge in [0.1, 0.15) is 22.9 Å². The molecule has 10 heteroatoms. The lowest BCUT2D eigenvalue weighted by molar-refractivity contribution is -0.133. The summed E-state index contributed by atoms with van der Waals surface area (Å²) in [6.07, 6.45) is 3.33. The number of aromatic nitrogens is 2. The number of hydrogen-bond acceptors (Lipinski definition) is 7. The molecule has 9 nitrogen and oxygen atoms in total. The highest BCUT2D eigenvalue weighted by Gasteiger charge is 2.23. The van der Waals surface area contributed by atoms with E-state index in [9.17, 15) is 14.4 Å². The Labute approximate surface area is 201 Å². The summed E-state index contributed by atoms with van der Waals surface area (Å²) in [6.45, 7) is 5.26. The number of hydrogen-bond donors (Lipinski definition) is 1. The van der Waals surface area contributed by atoms with Crippen molar-refractivity contribution in [3.05, 3.63) is 45.3 Å². The number of benzene rings is 1. The van der Waals surface area contributed by atoms with Crippen LogP contribution in [-0.4, -0.2) is 53.6 Å². The number of amides is 2. The number of carbonyl (C=O) groups excluding carboxylic acids is 2. The van der Waals surface area contributed by atoms with Crippen LogP contribution >= 0.6 is 11.3 Å². The molecule has 1 N–H and O–H groups in total. The maximum Gasteiger partial charge on any atom is 0.266 e. The zero-order chi connectivity index (χ0) is 24.4. The summed E-state index contributed by atoms with van der Waals surface area (Å²) >= 11 is 1.15. The number of thiophene rings is 1. The molecular weight excluding hydrogens is 456 g/mol. The van der Waals surface area contributed by atoms with Crippen LogP contribution in [0.3, 0.4) is 0 Å². The standard InChI is InChI=1S/C24H28N4O5S/c1-14-7-9-27(10-8-14)19(29)12-28-13-25-23-20(24(28)31)15(2)21(34-23)22(30)26-17-6-5-16(32-3)11-18(17)33-4/h5-6,11,13-14H,7-10,12H2,1-4H3,(H,26,30). The van der Waals surface area contributed by atoms with Crippen LogP contribution in [0.1, 0.15) is 35.0 Å². The van der Waals surface area contributed by atoms with Gasteiger partial charge in [0.25, 0.3) is 11.5 Å². The molecule has 1 fully saturated rings. The van der Waals surface area contributed by atoms with Crippen molar-refractivity contribution < 1.29 is 19.1 Å². The van der Waals surface area contributed by atoms with Crippen molar-refractivity contribution in [3.8, 4) is 11.5 Å². The largest absolute Gasteiger partial charge is 0.497 e. The van der Waals surface area contributed by atoms with E-state index in [0.717, 1.165) is 24.2 Å².